The zero-order chi connectivity index (χ0) is 11.3. The fourth-order valence-corrected chi connectivity index (χ4v) is 1.05. The number of rotatable bonds is 3. The van der Waals surface area contributed by atoms with Crippen molar-refractivity contribution in [2.45, 2.75) is 18.6 Å². The molecule has 0 radical (unpaired) electrons. The second kappa shape index (κ2) is 5.17. The van der Waals surface area contributed by atoms with Gasteiger partial charge in [-0.2, -0.15) is 13.2 Å². The van der Waals surface area contributed by atoms with E-state index in [1.165, 1.54) is 0 Å². The van der Waals surface area contributed by atoms with Crippen LogP contribution in [-0.4, -0.2) is 38.1 Å². The first-order chi connectivity index (χ1) is 6.97. The molecule has 1 heterocycles. The number of urea groups is 1. The summed E-state index contributed by atoms with van der Waals surface area (Å²) in [7, 11) is 0. The maximum Gasteiger partial charge on any atom is 0.414 e. The Labute approximate surface area is 83.9 Å². The van der Waals surface area contributed by atoms with E-state index < -0.39 is 18.8 Å². The van der Waals surface area contributed by atoms with E-state index in [2.05, 4.69) is 10.2 Å². The van der Waals surface area contributed by atoms with Crippen molar-refractivity contribution in [2.24, 2.45) is 0 Å². The second-order valence-corrected chi connectivity index (χ2v) is 3.04. The summed E-state index contributed by atoms with van der Waals surface area (Å²) in [5, 5.41) is 2.40. The van der Waals surface area contributed by atoms with Gasteiger partial charge in [0.25, 0.3) is 0 Å². The van der Waals surface area contributed by atoms with Crippen molar-refractivity contribution in [1.29, 1.82) is 0 Å². The maximum absolute atomic E-state index is 11.6. The van der Waals surface area contributed by atoms with Crippen LogP contribution in [0.2, 0.25) is 0 Å². The van der Waals surface area contributed by atoms with Crippen LogP contribution in [0, 0.1) is 0 Å². The Balaban J connectivity index is 2.08. The molecule has 1 atom stereocenters. The molecule has 0 aliphatic carbocycles. The van der Waals surface area contributed by atoms with Crippen LogP contribution in [-0.2, 0) is 9.57 Å². The van der Waals surface area contributed by atoms with Gasteiger partial charge in [-0.1, -0.05) is 0 Å². The van der Waals surface area contributed by atoms with Gasteiger partial charge in [0.05, 0.1) is 12.6 Å². The fourth-order valence-electron chi connectivity index (χ4n) is 1.05. The molecule has 1 aliphatic rings. The van der Waals surface area contributed by atoms with Gasteiger partial charge >= 0.3 is 12.2 Å². The molecule has 5 nitrogen and oxygen atoms in total. The van der Waals surface area contributed by atoms with Gasteiger partial charge in [-0.25, -0.2) is 10.3 Å². The molecule has 1 rings (SSSR count). The number of ether oxygens (including phenoxy) is 1. The number of nitrogens with one attached hydrogen (secondary N) is 2. The van der Waals surface area contributed by atoms with Crippen LogP contribution in [0.1, 0.15) is 6.42 Å². The third-order valence-electron chi connectivity index (χ3n) is 1.67. The molecule has 2 amide bonds. The number of amides is 2. The summed E-state index contributed by atoms with van der Waals surface area (Å²) < 4.78 is 39.7. The highest BCUT2D eigenvalue weighted by atomic mass is 19.4. The Morgan fingerprint density at radius 3 is 2.80 bits per heavy atom. The molecule has 15 heavy (non-hydrogen) atoms. The van der Waals surface area contributed by atoms with Crippen molar-refractivity contribution in [1.82, 2.24) is 10.8 Å². The average molecular weight is 228 g/mol. The molecule has 0 spiro atoms. The van der Waals surface area contributed by atoms with Crippen molar-refractivity contribution < 1.29 is 27.5 Å². The number of carbonyl (C=O) groups is 1. The highest BCUT2D eigenvalue weighted by Gasteiger charge is 2.28. The first-order valence-corrected chi connectivity index (χ1v) is 4.30. The first kappa shape index (κ1) is 12.1. The van der Waals surface area contributed by atoms with Crippen molar-refractivity contribution in [2.75, 3.05) is 19.8 Å². The van der Waals surface area contributed by atoms with Crippen LogP contribution in [0.15, 0.2) is 0 Å². The summed E-state index contributed by atoms with van der Waals surface area (Å²) >= 11 is 0. The van der Waals surface area contributed by atoms with Gasteiger partial charge in [-0.05, 0) is 6.42 Å². The van der Waals surface area contributed by atoms with Gasteiger partial charge in [0.15, 0.2) is 6.61 Å². The number of hydrogen-bond acceptors (Lipinski definition) is 3. The summed E-state index contributed by atoms with van der Waals surface area (Å²) in [6.45, 7) is -0.608. The topological polar surface area (TPSA) is 59.6 Å². The van der Waals surface area contributed by atoms with Crippen LogP contribution < -0.4 is 10.8 Å². The molecular formula is C7H11F3N2O3. The second-order valence-electron chi connectivity index (χ2n) is 3.04. The fraction of sp³-hybridized carbons (Fsp3) is 0.857. The molecule has 8 heteroatoms. The molecule has 1 saturated heterocycles. The van der Waals surface area contributed by atoms with Gasteiger partial charge in [0.2, 0.25) is 0 Å². The quantitative estimate of drug-likeness (QED) is 0.694. The molecule has 0 saturated carbocycles. The first-order valence-electron chi connectivity index (χ1n) is 4.30. The maximum atomic E-state index is 11.6. The normalized spacial score (nSPS) is 21.4. The van der Waals surface area contributed by atoms with Crippen molar-refractivity contribution in [3.05, 3.63) is 0 Å². The van der Waals surface area contributed by atoms with Crippen LogP contribution >= 0.6 is 0 Å². The Kier molecular flexibility index (Phi) is 4.15. The van der Waals surface area contributed by atoms with E-state index in [9.17, 15) is 18.0 Å². The zero-order valence-electron chi connectivity index (χ0n) is 7.76. The molecule has 0 aromatic carbocycles. The highest BCUT2D eigenvalue weighted by Crippen LogP contribution is 2.13. The summed E-state index contributed by atoms with van der Waals surface area (Å²) in [6.07, 6.45) is -3.81. The van der Waals surface area contributed by atoms with Crippen molar-refractivity contribution in [3.63, 3.8) is 0 Å². The van der Waals surface area contributed by atoms with E-state index in [0.717, 1.165) is 0 Å². The minimum atomic E-state index is -4.45. The number of hydrogen-bond donors (Lipinski definition) is 2. The third-order valence-corrected chi connectivity index (χ3v) is 1.67. The monoisotopic (exact) mass is 228 g/mol. The van der Waals surface area contributed by atoms with Gasteiger partial charge < -0.3 is 10.1 Å². The van der Waals surface area contributed by atoms with E-state index in [1.54, 1.807) is 5.48 Å². The molecule has 0 aromatic heterocycles. The molecule has 88 valence electrons. The minimum absolute atomic E-state index is 0.167. The average Bonchev–Trinajstić information content (AvgIpc) is 2.54. The lowest BCUT2D eigenvalue weighted by atomic mass is 10.3. The third kappa shape index (κ3) is 5.43. The summed E-state index contributed by atoms with van der Waals surface area (Å²) in [6, 6.07) is -0.964. The van der Waals surface area contributed by atoms with Crippen molar-refractivity contribution in [3.8, 4) is 0 Å². The van der Waals surface area contributed by atoms with Gasteiger partial charge in [0.1, 0.15) is 0 Å². The predicted molar refractivity (Wildman–Crippen MR) is 42.9 cm³/mol. The molecule has 1 unspecified atom stereocenters. The van der Waals surface area contributed by atoms with E-state index in [4.69, 9.17) is 4.74 Å². The minimum Gasteiger partial charge on any atom is -0.379 e. The highest BCUT2D eigenvalue weighted by molar-refractivity contribution is 5.73. The van der Waals surface area contributed by atoms with E-state index in [0.29, 0.717) is 19.6 Å². The standard InChI is InChI=1S/C7H11F3N2O3/c8-7(9,10)4-15-12-6(13)11-5-1-2-14-3-5/h5H,1-4H2,(H2,11,12,13). The lowest BCUT2D eigenvalue weighted by Gasteiger charge is -2.12. The van der Waals surface area contributed by atoms with Gasteiger partial charge in [-0.3, -0.25) is 4.84 Å². The lowest BCUT2D eigenvalue weighted by Crippen LogP contribution is -2.43. The smallest absolute Gasteiger partial charge is 0.379 e. The summed E-state index contributed by atoms with van der Waals surface area (Å²) in [5.41, 5.74) is 1.64. The summed E-state index contributed by atoms with van der Waals surface area (Å²) in [4.78, 5) is 14.9. The number of halogens is 3. The van der Waals surface area contributed by atoms with Crippen molar-refractivity contribution >= 4 is 6.03 Å². The van der Waals surface area contributed by atoms with Gasteiger partial charge in [0, 0.05) is 6.61 Å². The number of hydroxylamine groups is 1. The van der Waals surface area contributed by atoms with Crippen LogP contribution in [0.3, 0.4) is 0 Å². The molecule has 2 N–H and O–H groups in total. The van der Waals surface area contributed by atoms with E-state index >= 15 is 0 Å². The van der Waals surface area contributed by atoms with Crippen LogP contribution in [0.4, 0.5) is 18.0 Å². The Morgan fingerprint density at radius 1 is 1.53 bits per heavy atom. The van der Waals surface area contributed by atoms with E-state index in [1.807, 2.05) is 0 Å². The molecule has 0 bridgehead atoms. The van der Waals surface area contributed by atoms with Crippen LogP contribution in [0.5, 0.6) is 0 Å². The number of carbonyl (C=O) groups excluding carboxylic acids is 1. The molecular weight excluding hydrogens is 217 g/mol. The SMILES string of the molecule is O=C(NOCC(F)(F)F)NC1CCOC1. The van der Waals surface area contributed by atoms with E-state index in [-0.39, 0.29) is 6.04 Å². The van der Waals surface area contributed by atoms with Gasteiger partial charge in [-0.15, -0.1) is 0 Å². The largest absolute Gasteiger partial charge is 0.414 e. The Morgan fingerprint density at radius 2 is 2.27 bits per heavy atom. The number of alkyl halides is 3. The Bertz CT molecular complexity index is 216. The summed E-state index contributed by atoms with van der Waals surface area (Å²) in [5.74, 6) is 0. The molecule has 1 fully saturated rings. The molecule has 0 aromatic rings. The zero-order valence-corrected chi connectivity index (χ0v) is 7.76. The lowest BCUT2D eigenvalue weighted by molar-refractivity contribution is -0.184. The predicted octanol–water partition coefficient (Wildman–Crippen LogP) is 0.568. The molecule has 1 aliphatic heterocycles. The van der Waals surface area contributed by atoms with Crippen LogP contribution in [0.25, 0.3) is 0 Å². The Hall–Kier alpha value is -1.02.